The smallest absolute Gasteiger partial charge is 0.228 e. The summed E-state index contributed by atoms with van der Waals surface area (Å²) in [5.74, 6) is -4.18. The Labute approximate surface area is 135 Å². The van der Waals surface area contributed by atoms with Crippen LogP contribution in [0.4, 0.5) is 24.5 Å². The Hall–Kier alpha value is -2.83. The molecule has 2 aromatic rings. The molecule has 0 bridgehead atoms. The van der Waals surface area contributed by atoms with Crippen LogP contribution >= 0.6 is 0 Å². The van der Waals surface area contributed by atoms with Crippen LogP contribution in [0.1, 0.15) is 6.42 Å². The van der Waals surface area contributed by atoms with E-state index < -0.39 is 41.1 Å². The maximum absolute atomic E-state index is 13.5. The molecule has 0 aromatic heterocycles. The molecular weight excluding hydrogens is 321 g/mol. The van der Waals surface area contributed by atoms with Gasteiger partial charge in [0, 0.05) is 11.8 Å². The van der Waals surface area contributed by atoms with E-state index in [0.29, 0.717) is 18.2 Å². The lowest BCUT2D eigenvalue weighted by Crippen LogP contribution is -2.21. The highest BCUT2D eigenvalue weighted by Gasteiger charge is 2.48. The van der Waals surface area contributed by atoms with E-state index in [2.05, 4.69) is 10.6 Å². The molecule has 0 spiro atoms. The highest BCUT2D eigenvalue weighted by atomic mass is 19.1. The summed E-state index contributed by atoms with van der Waals surface area (Å²) < 4.78 is 39.4. The summed E-state index contributed by atoms with van der Waals surface area (Å²) in [6, 6.07) is 8.22. The van der Waals surface area contributed by atoms with Gasteiger partial charge in [0.25, 0.3) is 0 Å². The van der Waals surface area contributed by atoms with E-state index >= 15 is 0 Å². The first-order valence-corrected chi connectivity index (χ1v) is 7.26. The Kier molecular flexibility index (Phi) is 4.24. The number of hydrogen-bond acceptors (Lipinski definition) is 2. The van der Waals surface area contributed by atoms with E-state index in [1.165, 1.54) is 24.3 Å². The number of amides is 2. The van der Waals surface area contributed by atoms with Crippen LogP contribution in [0.5, 0.6) is 0 Å². The Morgan fingerprint density at radius 1 is 0.875 bits per heavy atom. The molecule has 0 radical (unpaired) electrons. The van der Waals surface area contributed by atoms with Crippen molar-refractivity contribution in [2.45, 2.75) is 6.42 Å². The maximum Gasteiger partial charge on any atom is 0.228 e. The van der Waals surface area contributed by atoms with Crippen LogP contribution in [0.25, 0.3) is 0 Å². The van der Waals surface area contributed by atoms with Gasteiger partial charge in [-0.15, -0.1) is 0 Å². The molecule has 2 unspecified atom stereocenters. The van der Waals surface area contributed by atoms with E-state index in [1.807, 2.05) is 0 Å². The van der Waals surface area contributed by atoms with Gasteiger partial charge in [-0.05, 0) is 36.8 Å². The molecule has 4 nitrogen and oxygen atoms in total. The van der Waals surface area contributed by atoms with E-state index in [-0.39, 0.29) is 5.69 Å². The predicted octanol–water partition coefficient (Wildman–Crippen LogP) is 3.32. The number of benzene rings is 2. The van der Waals surface area contributed by atoms with Gasteiger partial charge in [-0.2, -0.15) is 0 Å². The van der Waals surface area contributed by atoms with Crippen molar-refractivity contribution in [3.05, 3.63) is 59.9 Å². The normalized spacial score (nSPS) is 18.8. The summed E-state index contributed by atoms with van der Waals surface area (Å²) >= 11 is 0. The van der Waals surface area contributed by atoms with Crippen LogP contribution in [-0.4, -0.2) is 11.8 Å². The number of carbonyl (C=O) groups excluding carboxylic acids is 2. The Morgan fingerprint density at radius 2 is 1.54 bits per heavy atom. The Morgan fingerprint density at radius 3 is 2.21 bits per heavy atom. The maximum atomic E-state index is 13.5. The molecule has 0 aliphatic heterocycles. The monoisotopic (exact) mass is 334 g/mol. The van der Waals surface area contributed by atoms with Gasteiger partial charge in [0.15, 0.2) is 0 Å². The second-order valence-corrected chi connectivity index (χ2v) is 5.56. The number of halogens is 3. The van der Waals surface area contributed by atoms with Crippen LogP contribution in [0.2, 0.25) is 0 Å². The molecule has 24 heavy (non-hydrogen) atoms. The van der Waals surface area contributed by atoms with Crippen molar-refractivity contribution in [2.24, 2.45) is 11.8 Å². The highest BCUT2D eigenvalue weighted by molar-refractivity contribution is 6.03. The van der Waals surface area contributed by atoms with Gasteiger partial charge < -0.3 is 10.6 Å². The third kappa shape index (κ3) is 3.56. The summed E-state index contributed by atoms with van der Waals surface area (Å²) in [6.07, 6.45) is 0.315. The molecule has 7 heteroatoms. The van der Waals surface area contributed by atoms with Gasteiger partial charge >= 0.3 is 0 Å². The third-order valence-electron chi connectivity index (χ3n) is 3.75. The first-order chi connectivity index (χ1) is 11.4. The minimum atomic E-state index is -0.884. The minimum Gasteiger partial charge on any atom is -0.326 e. The van der Waals surface area contributed by atoms with Gasteiger partial charge in [-0.25, -0.2) is 13.2 Å². The SMILES string of the molecule is O=C(Nc1cccc(F)c1)C1CC1C(=O)Nc1ccc(F)cc1F. The summed E-state index contributed by atoms with van der Waals surface area (Å²) in [5.41, 5.74) is 0.160. The van der Waals surface area contributed by atoms with Gasteiger partial charge in [-0.3, -0.25) is 9.59 Å². The lowest BCUT2D eigenvalue weighted by atomic mass is 10.2. The summed E-state index contributed by atoms with van der Waals surface area (Å²) in [7, 11) is 0. The molecule has 2 atom stereocenters. The van der Waals surface area contributed by atoms with Crippen LogP contribution in [0, 0.1) is 29.3 Å². The Bertz CT molecular complexity index is 810. The molecule has 1 aliphatic rings. The minimum absolute atomic E-state index is 0.141. The highest BCUT2D eigenvalue weighted by Crippen LogP contribution is 2.40. The number of rotatable bonds is 4. The molecule has 1 aliphatic carbocycles. The van der Waals surface area contributed by atoms with Gasteiger partial charge in [-0.1, -0.05) is 6.07 Å². The second-order valence-electron chi connectivity index (χ2n) is 5.56. The number of carbonyl (C=O) groups is 2. The number of nitrogens with one attached hydrogen (secondary N) is 2. The molecular formula is C17H13F3N2O2. The average Bonchev–Trinajstić information content (AvgIpc) is 3.31. The molecule has 1 saturated carbocycles. The van der Waals surface area contributed by atoms with E-state index in [1.54, 1.807) is 0 Å². The van der Waals surface area contributed by atoms with Crippen LogP contribution in [0.15, 0.2) is 42.5 Å². The van der Waals surface area contributed by atoms with Crippen LogP contribution in [0.3, 0.4) is 0 Å². The van der Waals surface area contributed by atoms with Crippen molar-refractivity contribution in [3.63, 3.8) is 0 Å². The molecule has 2 amide bonds. The van der Waals surface area contributed by atoms with E-state index in [0.717, 1.165) is 12.1 Å². The summed E-state index contributed by atoms with van der Waals surface area (Å²) in [5, 5.41) is 4.87. The zero-order valence-corrected chi connectivity index (χ0v) is 12.4. The molecule has 2 aromatic carbocycles. The largest absolute Gasteiger partial charge is 0.326 e. The summed E-state index contributed by atoms with van der Waals surface area (Å²) in [6.45, 7) is 0. The first kappa shape index (κ1) is 16.0. The van der Waals surface area contributed by atoms with Gasteiger partial charge in [0.1, 0.15) is 17.5 Å². The lowest BCUT2D eigenvalue weighted by molar-refractivity contribution is -0.122. The molecule has 0 heterocycles. The van der Waals surface area contributed by atoms with Gasteiger partial charge in [0.05, 0.1) is 17.5 Å². The summed E-state index contributed by atoms with van der Waals surface area (Å²) in [4.78, 5) is 24.0. The topological polar surface area (TPSA) is 58.2 Å². The quantitative estimate of drug-likeness (QED) is 0.901. The van der Waals surface area contributed by atoms with Crippen LogP contribution < -0.4 is 10.6 Å². The molecule has 3 rings (SSSR count). The fourth-order valence-corrected chi connectivity index (χ4v) is 2.39. The first-order valence-electron chi connectivity index (χ1n) is 7.26. The second kappa shape index (κ2) is 6.35. The van der Waals surface area contributed by atoms with Crippen molar-refractivity contribution in [3.8, 4) is 0 Å². The van der Waals surface area contributed by atoms with Crippen LogP contribution in [-0.2, 0) is 9.59 Å². The van der Waals surface area contributed by atoms with E-state index in [9.17, 15) is 22.8 Å². The molecule has 1 fully saturated rings. The molecule has 2 N–H and O–H groups in total. The fraction of sp³-hybridized carbons (Fsp3) is 0.176. The number of hydrogen-bond donors (Lipinski definition) is 2. The van der Waals surface area contributed by atoms with Crippen molar-refractivity contribution in [1.29, 1.82) is 0 Å². The van der Waals surface area contributed by atoms with Crippen molar-refractivity contribution >= 4 is 23.2 Å². The number of anilines is 2. The zero-order valence-electron chi connectivity index (χ0n) is 12.4. The average molecular weight is 334 g/mol. The fourth-order valence-electron chi connectivity index (χ4n) is 2.39. The predicted molar refractivity (Wildman–Crippen MR) is 81.6 cm³/mol. The molecule has 124 valence electrons. The Balaban J connectivity index is 1.58. The molecule has 0 saturated heterocycles. The van der Waals surface area contributed by atoms with Crippen molar-refractivity contribution < 1.29 is 22.8 Å². The van der Waals surface area contributed by atoms with Crippen molar-refractivity contribution in [1.82, 2.24) is 0 Å². The van der Waals surface area contributed by atoms with Gasteiger partial charge in [0.2, 0.25) is 11.8 Å². The third-order valence-corrected chi connectivity index (χ3v) is 3.75. The van der Waals surface area contributed by atoms with E-state index in [4.69, 9.17) is 0 Å². The van der Waals surface area contributed by atoms with Crippen molar-refractivity contribution in [2.75, 3.05) is 10.6 Å². The lowest BCUT2D eigenvalue weighted by Gasteiger charge is -2.07. The zero-order chi connectivity index (χ0) is 17.3. The standard InChI is InChI=1S/C17H13F3N2O2/c18-9-2-1-3-11(6-9)21-16(23)12-8-13(12)17(24)22-15-5-4-10(19)7-14(15)20/h1-7,12-13H,8H2,(H,21,23)(H,22,24).